The number of hydrogen-bond acceptors (Lipinski definition) is 6. The predicted molar refractivity (Wildman–Crippen MR) is 139 cm³/mol. The van der Waals surface area contributed by atoms with Crippen molar-refractivity contribution in [3.05, 3.63) is 118 Å². The molecule has 0 spiro atoms. The lowest BCUT2D eigenvalue weighted by molar-refractivity contribution is -0.253. The molecule has 1 saturated heterocycles. The van der Waals surface area contributed by atoms with E-state index in [4.69, 9.17) is 4.74 Å². The topological polar surface area (TPSA) is 110 Å². The first-order valence-corrected chi connectivity index (χ1v) is 11.9. The normalized spacial score (nSPS) is 23.5. The Kier molecular flexibility index (Phi) is 7.33. The SMILES string of the molecule is Cc1ccc(C=C(O)[C@@H](O)[C@@H](O)[C@H](O)[C@@]2(O)C(=Cc3ccc(C)cc3)OC2c2ccc(C)cc2)cc1. The smallest absolute Gasteiger partial charge is 0.191 e. The predicted octanol–water partition coefficient (Wildman–Crippen LogP) is 4.14. The molecule has 0 aliphatic carbocycles. The number of ether oxygens (including phenoxy) is 1. The molecule has 6 nitrogen and oxygen atoms in total. The van der Waals surface area contributed by atoms with E-state index in [1.54, 1.807) is 30.3 Å². The fourth-order valence-electron chi connectivity index (χ4n) is 4.24. The minimum atomic E-state index is -2.05. The summed E-state index contributed by atoms with van der Waals surface area (Å²) in [5.41, 5.74) is 3.01. The molecular weight excluding hydrogens is 456 g/mol. The molecule has 5 N–H and O–H groups in total. The molecule has 4 rings (SSSR count). The molecule has 6 heteroatoms. The van der Waals surface area contributed by atoms with E-state index in [1.807, 2.05) is 69.3 Å². The summed E-state index contributed by atoms with van der Waals surface area (Å²) in [7, 11) is 0. The number of benzene rings is 3. The summed E-state index contributed by atoms with van der Waals surface area (Å²) in [6, 6.07) is 22.0. The van der Waals surface area contributed by atoms with Crippen LogP contribution in [0.5, 0.6) is 0 Å². The van der Waals surface area contributed by atoms with Gasteiger partial charge in [-0.3, -0.25) is 0 Å². The Morgan fingerprint density at radius 2 is 1.25 bits per heavy atom. The van der Waals surface area contributed by atoms with E-state index in [0.29, 0.717) is 11.1 Å². The number of aryl methyl sites for hydroxylation is 3. The molecule has 0 aromatic heterocycles. The first-order valence-electron chi connectivity index (χ1n) is 11.9. The van der Waals surface area contributed by atoms with Crippen molar-refractivity contribution in [2.75, 3.05) is 0 Å². The molecule has 1 aliphatic rings. The van der Waals surface area contributed by atoms with Crippen molar-refractivity contribution >= 4 is 12.2 Å². The van der Waals surface area contributed by atoms with E-state index in [1.165, 1.54) is 6.08 Å². The molecule has 1 aliphatic heterocycles. The standard InChI is InChI=1S/C30H32O6/c1-18-4-10-21(11-5-18)16-24(31)26(32)27(33)28(34)30(35)25(17-22-12-6-19(2)7-13-22)36-29(30)23-14-8-20(3)9-15-23/h4-17,26-29,31-35H,1-3H3/t26-,27-,28+,29?,30+/m1/s1. The van der Waals surface area contributed by atoms with Gasteiger partial charge in [-0.25, -0.2) is 0 Å². The van der Waals surface area contributed by atoms with Crippen molar-refractivity contribution in [1.82, 2.24) is 0 Å². The Morgan fingerprint density at radius 1 is 0.778 bits per heavy atom. The van der Waals surface area contributed by atoms with Gasteiger partial charge in [-0.15, -0.1) is 0 Å². The Balaban J connectivity index is 1.65. The van der Waals surface area contributed by atoms with Crippen LogP contribution in [-0.4, -0.2) is 49.4 Å². The largest absolute Gasteiger partial charge is 0.509 e. The third-order valence-electron chi connectivity index (χ3n) is 6.59. The monoisotopic (exact) mass is 488 g/mol. The van der Waals surface area contributed by atoms with Crippen molar-refractivity contribution < 1.29 is 30.3 Å². The van der Waals surface area contributed by atoms with Gasteiger partial charge < -0.3 is 30.3 Å². The number of rotatable bonds is 7. The molecule has 5 atom stereocenters. The Bertz CT molecular complexity index is 1240. The molecule has 0 radical (unpaired) electrons. The van der Waals surface area contributed by atoms with Gasteiger partial charge in [-0.2, -0.15) is 0 Å². The van der Waals surface area contributed by atoms with E-state index in [0.717, 1.165) is 22.3 Å². The highest BCUT2D eigenvalue weighted by Crippen LogP contribution is 2.51. The van der Waals surface area contributed by atoms with Gasteiger partial charge in [-0.1, -0.05) is 89.5 Å². The summed E-state index contributed by atoms with van der Waals surface area (Å²) in [5, 5.41) is 54.9. The molecule has 36 heavy (non-hydrogen) atoms. The van der Waals surface area contributed by atoms with Gasteiger partial charge in [0, 0.05) is 0 Å². The molecule has 188 valence electrons. The first kappa shape index (κ1) is 25.7. The minimum absolute atomic E-state index is 0.0534. The Labute approximate surface area is 211 Å². The second kappa shape index (κ2) is 10.3. The lowest BCUT2D eigenvalue weighted by atomic mass is 9.75. The van der Waals surface area contributed by atoms with Gasteiger partial charge in [-0.05, 0) is 49.6 Å². The average Bonchev–Trinajstić information content (AvgIpc) is 2.87. The van der Waals surface area contributed by atoms with Crippen LogP contribution in [-0.2, 0) is 4.74 Å². The zero-order valence-electron chi connectivity index (χ0n) is 20.5. The highest BCUT2D eigenvalue weighted by atomic mass is 16.6. The second-order valence-electron chi connectivity index (χ2n) is 9.51. The Morgan fingerprint density at radius 3 is 1.78 bits per heavy atom. The fourth-order valence-corrected chi connectivity index (χ4v) is 4.24. The van der Waals surface area contributed by atoms with E-state index in [2.05, 4.69) is 0 Å². The van der Waals surface area contributed by atoms with E-state index >= 15 is 0 Å². The maximum atomic E-state index is 11.7. The third-order valence-corrected chi connectivity index (χ3v) is 6.59. The first-order chi connectivity index (χ1) is 17.1. The van der Waals surface area contributed by atoms with Crippen molar-refractivity contribution in [3.8, 4) is 0 Å². The molecule has 3 aromatic rings. The highest BCUT2D eigenvalue weighted by Gasteiger charge is 2.61. The fraction of sp³-hybridized carbons (Fsp3) is 0.267. The maximum absolute atomic E-state index is 11.7. The average molecular weight is 489 g/mol. The maximum Gasteiger partial charge on any atom is 0.191 e. The third kappa shape index (κ3) is 5.08. The van der Waals surface area contributed by atoms with E-state index < -0.39 is 35.8 Å². The van der Waals surface area contributed by atoms with Gasteiger partial charge in [0.2, 0.25) is 0 Å². The van der Waals surface area contributed by atoms with Gasteiger partial charge in [0.1, 0.15) is 29.8 Å². The molecule has 0 saturated carbocycles. The molecule has 1 heterocycles. The van der Waals surface area contributed by atoms with E-state index in [-0.39, 0.29) is 5.76 Å². The van der Waals surface area contributed by atoms with Crippen LogP contribution in [0.1, 0.15) is 39.5 Å². The van der Waals surface area contributed by atoms with Crippen molar-refractivity contribution in [2.45, 2.75) is 50.8 Å². The number of hydrogen-bond donors (Lipinski definition) is 5. The van der Waals surface area contributed by atoms with Gasteiger partial charge in [0.05, 0.1) is 0 Å². The molecule has 0 bridgehead atoms. The quantitative estimate of drug-likeness (QED) is 0.320. The molecule has 1 unspecified atom stereocenters. The molecule has 3 aromatic carbocycles. The summed E-state index contributed by atoms with van der Waals surface area (Å²) in [5.74, 6) is -0.483. The number of aliphatic hydroxyl groups is 5. The van der Waals surface area contributed by atoms with Gasteiger partial charge >= 0.3 is 0 Å². The van der Waals surface area contributed by atoms with Crippen LogP contribution in [0.15, 0.2) is 84.3 Å². The summed E-state index contributed by atoms with van der Waals surface area (Å²) in [4.78, 5) is 0. The van der Waals surface area contributed by atoms with Crippen LogP contribution < -0.4 is 0 Å². The molecule has 0 amide bonds. The van der Waals surface area contributed by atoms with Gasteiger partial charge in [0.25, 0.3) is 0 Å². The summed E-state index contributed by atoms with van der Waals surface area (Å²) >= 11 is 0. The Hall–Kier alpha value is -3.42. The van der Waals surface area contributed by atoms with Crippen LogP contribution in [0.2, 0.25) is 0 Å². The minimum Gasteiger partial charge on any atom is -0.509 e. The summed E-state index contributed by atoms with van der Waals surface area (Å²) < 4.78 is 5.91. The summed E-state index contributed by atoms with van der Waals surface area (Å²) in [6.45, 7) is 5.81. The number of aliphatic hydroxyl groups excluding tert-OH is 4. The van der Waals surface area contributed by atoms with E-state index in [9.17, 15) is 25.5 Å². The zero-order valence-corrected chi connectivity index (χ0v) is 20.5. The molecular formula is C30H32O6. The van der Waals surface area contributed by atoms with Gasteiger partial charge in [0.15, 0.2) is 11.7 Å². The second-order valence-corrected chi connectivity index (χ2v) is 9.51. The van der Waals surface area contributed by atoms with Crippen molar-refractivity contribution in [2.24, 2.45) is 0 Å². The molecule has 1 fully saturated rings. The van der Waals surface area contributed by atoms with Crippen molar-refractivity contribution in [3.63, 3.8) is 0 Å². The highest BCUT2D eigenvalue weighted by molar-refractivity contribution is 5.57. The lowest BCUT2D eigenvalue weighted by Gasteiger charge is -2.51. The van der Waals surface area contributed by atoms with Crippen LogP contribution in [0.4, 0.5) is 0 Å². The van der Waals surface area contributed by atoms with Crippen molar-refractivity contribution in [1.29, 1.82) is 0 Å². The van der Waals surface area contributed by atoms with Crippen LogP contribution in [0.3, 0.4) is 0 Å². The van der Waals surface area contributed by atoms with Crippen LogP contribution in [0.25, 0.3) is 12.2 Å². The summed E-state index contributed by atoms with van der Waals surface area (Å²) in [6.07, 6.45) is -3.72. The van der Waals surface area contributed by atoms with Crippen LogP contribution >= 0.6 is 0 Å². The lowest BCUT2D eigenvalue weighted by Crippen LogP contribution is -2.63. The zero-order chi connectivity index (χ0) is 26.0. The van der Waals surface area contributed by atoms with Crippen LogP contribution in [0, 0.1) is 20.8 Å².